The summed E-state index contributed by atoms with van der Waals surface area (Å²) in [6.07, 6.45) is 2.69. The van der Waals surface area contributed by atoms with Gasteiger partial charge in [-0.2, -0.15) is 4.21 Å². The largest absolute Gasteiger partial charge is 0.417 e. The van der Waals surface area contributed by atoms with Gasteiger partial charge in [0.05, 0.1) is 12.4 Å². The van der Waals surface area contributed by atoms with E-state index in [1.807, 2.05) is 0 Å². The first-order chi connectivity index (χ1) is 8.63. The average molecular weight is 266 g/mol. The molecule has 0 unspecified atom stereocenters. The van der Waals surface area contributed by atoms with Crippen molar-refractivity contribution in [2.45, 2.75) is 0 Å². The first-order valence-electron chi connectivity index (χ1n) is 4.85. The summed E-state index contributed by atoms with van der Waals surface area (Å²) in [4.78, 5) is 7.57. The molecule has 94 valence electrons. The molecule has 2 rings (SSSR count). The molecule has 0 aliphatic carbocycles. The van der Waals surface area contributed by atoms with Gasteiger partial charge in [-0.25, -0.2) is 9.97 Å². The Bertz CT molecular complexity index is 495. The van der Waals surface area contributed by atoms with E-state index in [9.17, 15) is 4.21 Å². The van der Waals surface area contributed by atoms with Crippen LogP contribution in [0.3, 0.4) is 0 Å². The van der Waals surface area contributed by atoms with Crippen LogP contribution in [0.2, 0.25) is 0 Å². The maximum absolute atomic E-state index is 11.5. The van der Waals surface area contributed by atoms with E-state index in [1.165, 1.54) is 36.7 Å². The van der Waals surface area contributed by atoms with Crippen molar-refractivity contribution in [1.82, 2.24) is 9.97 Å². The number of nitrogens with two attached hydrogens (primary N) is 2. The predicted octanol–water partition coefficient (Wildman–Crippen LogP) is 0.677. The molecule has 0 spiro atoms. The first-order valence-corrected chi connectivity index (χ1v) is 5.85. The minimum Gasteiger partial charge on any atom is -0.384 e. The Morgan fingerprint density at radius 2 is 1.33 bits per heavy atom. The Balaban J connectivity index is 1.96. The number of hydrogen-bond donors (Lipinski definition) is 2. The molecule has 0 radical (unpaired) electrons. The molecular weight excluding hydrogens is 256 g/mol. The van der Waals surface area contributed by atoms with Gasteiger partial charge in [-0.05, 0) is 24.3 Å². The molecule has 0 saturated heterocycles. The first kappa shape index (κ1) is 12.1. The summed E-state index contributed by atoms with van der Waals surface area (Å²) in [5.41, 5.74) is 10.8. The van der Waals surface area contributed by atoms with Crippen molar-refractivity contribution >= 4 is 23.0 Å². The number of anilines is 2. The predicted molar refractivity (Wildman–Crippen MR) is 66.7 cm³/mol. The monoisotopic (exact) mass is 266 g/mol. The van der Waals surface area contributed by atoms with Gasteiger partial charge >= 0.3 is 11.4 Å². The maximum atomic E-state index is 11.5. The SMILES string of the molecule is Nc1ccc(OS(=O)Oc2ccc(N)nc2)cn1. The highest BCUT2D eigenvalue weighted by Gasteiger charge is 2.06. The Kier molecular flexibility index (Phi) is 3.58. The molecule has 0 saturated carbocycles. The zero-order valence-electron chi connectivity index (χ0n) is 9.15. The zero-order valence-corrected chi connectivity index (χ0v) is 9.96. The molecule has 4 N–H and O–H groups in total. The van der Waals surface area contributed by atoms with Crippen molar-refractivity contribution in [1.29, 1.82) is 0 Å². The Hall–Kier alpha value is -2.35. The fraction of sp³-hybridized carbons (Fsp3) is 0. The van der Waals surface area contributed by atoms with Crippen LogP contribution in [-0.2, 0) is 11.4 Å². The minimum absolute atomic E-state index is 0.283. The molecule has 2 heterocycles. The van der Waals surface area contributed by atoms with Crippen molar-refractivity contribution in [3.63, 3.8) is 0 Å². The average Bonchev–Trinajstić information content (AvgIpc) is 2.35. The molecule has 0 aliphatic rings. The van der Waals surface area contributed by atoms with Crippen molar-refractivity contribution in [2.24, 2.45) is 0 Å². The lowest BCUT2D eigenvalue weighted by atomic mass is 10.4. The summed E-state index contributed by atoms with van der Waals surface area (Å²) in [7, 11) is 0. The van der Waals surface area contributed by atoms with E-state index in [2.05, 4.69) is 9.97 Å². The molecule has 0 bridgehead atoms. The van der Waals surface area contributed by atoms with Crippen LogP contribution in [0, 0.1) is 0 Å². The van der Waals surface area contributed by atoms with Crippen LogP contribution in [-0.4, -0.2) is 14.2 Å². The van der Waals surface area contributed by atoms with E-state index < -0.39 is 11.4 Å². The third kappa shape index (κ3) is 3.32. The molecular formula is C10H10N4O3S. The molecule has 0 fully saturated rings. The summed E-state index contributed by atoms with van der Waals surface area (Å²) < 4.78 is 21.5. The number of rotatable bonds is 4. The maximum Gasteiger partial charge on any atom is 0.417 e. The molecule has 2 aromatic heterocycles. The number of nitrogens with zero attached hydrogens (tertiary/aromatic N) is 2. The van der Waals surface area contributed by atoms with E-state index in [4.69, 9.17) is 19.8 Å². The van der Waals surface area contributed by atoms with Crippen molar-refractivity contribution in [3.05, 3.63) is 36.7 Å². The summed E-state index contributed by atoms with van der Waals surface area (Å²) in [6, 6.07) is 6.12. The standard InChI is InChI=1S/C10H10N4O3S/c11-9-3-1-7(5-13-9)16-18(15)17-8-2-4-10(12)14-6-8/h1-6H,(H2,11,13)(H2,12,14). The highest BCUT2D eigenvalue weighted by Crippen LogP contribution is 2.15. The van der Waals surface area contributed by atoms with E-state index in [1.54, 1.807) is 0 Å². The van der Waals surface area contributed by atoms with Crippen LogP contribution in [0.5, 0.6) is 11.5 Å². The number of nitrogen functional groups attached to an aromatic ring is 2. The van der Waals surface area contributed by atoms with Gasteiger partial charge in [0.1, 0.15) is 11.6 Å². The van der Waals surface area contributed by atoms with Gasteiger partial charge in [-0.3, -0.25) is 0 Å². The van der Waals surface area contributed by atoms with Gasteiger partial charge in [0, 0.05) is 0 Å². The highest BCUT2D eigenvalue weighted by molar-refractivity contribution is 7.75. The minimum atomic E-state index is -2.00. The summed E-state index contributed by atoms with van der Waals surface area (Å²) in [6.45, 7) is 0. The summed E-state index contributed by atoms with van der Waals surface area (Å²) in [5.74, 6) is 1.26. The molecule has 7 nitrogen and oxygen atoms in total. The van der Waals surface area contributed by atoms with Gasteiger partial charge in [0.2, 0.25) is 0 Å². The second kappa shape index (κ2) is 5.32. The van der Waals surface area contributed by atoms with Gasteiger partial charge < -0.3 is 19.8 Å². The van der Waals surface area contributed by atoms with E-state index in [-0.39, 0.29) is 11.5 Å². The summed E-state index contributed by atoms with van der Waals surface area (Å²) in [5, 5.41) is 0. The molecule has 18 heavy (non-hydrogen) atoms. The molecule has 2 aromatic rings. The van der Waals surface area contributed by atoms with Gasteiger partial charge in [0.15, 0.2) is 11.5 Å². The van der Waals surface area contributed by atoms with Crippen molar-refractivity contribution < 1.29 is 12.6 Å². The lowest BCUT2D eigenvalue weighted by Crippen LogP contribution is -2.08. The zero-order chi connectivity index (χ0) is 13.0. The van der Waals surface area contributed by atoms with Gasteiger partial charge in [-0.1, -0.05) is 0 Å². The van der Waals surface area contributed by atoms with E-state index >= 15 is 0 Å². The molecule has 0 aliphatic heterocycles. The Labute approximate surface area is 106 Å². The lowest BCUT2D eigenvalue weighted by molar-refractivity contribution is 0.460. The fourth-order valence-electron chi connectivity index (χ4n) is 1.06. The van der Waals surface area contributed by atoms with Crippen LogP contribution in [0.4, 0.5) is 11.6 Å². The van der Waals surface area contributed by atoms with Gasteiger partial charge in [-0.15, -0.1) is 0 Å². The molecule has 0 amide bonds. The van der Waals surface area contributed by atoms with Gasteiger partial charge in [0.25, 0.3) is 0 Å². The highest BCUT2D eigenvalue weighted by atomic mass is 32.2. The third-order valence-corrected chi connectivity index (χ3v) is 2.50. The molecule has 8 heteroatoms. The summed E-state index contributed by atoms with van der Waals surface area (Å²) >= 11 is -2.00. The van der Waals surface area contributed by atoms with E-state index in [0.29, 0.717) is 11.6 Å². The number of aromatic nitrogens is 2. The van der Waals surface area contributed by atoms with Crippen LogP contribution in [0.1, 0.15) is 0 Å². The second-order valence-corrected chi connectivity index (χ2v) is 3.95. The van der Waals surface area contributed by atoms with Crippen molar-refractivity contribution in [3.8, 4) is 11.5 Å². The number of hydrogen-bond acceptors (Lipinski definition) is 7. The second-order valence-electron chi connectivity index (χ2n) is 3.21. The third-order valence-electron chi connectivity index (χ3n) is 1.85. The number of pyridine rings is 2. The Morgan fingerprint density at radius 3 is 1.67 bits per heavy atom. The molecule has 0 aromatic carbocycles. The van der Waals surface area contributed by atoms with Crippen molar-refractivity contribution in [2.75, 3.05) is 11.5 Å². The Morgan fingerprint density at radius 1 is 0.889 bits per heavy atom. The van der Waals surface area contributed by atoms with Crippen LogP contribution in [0.15, 0.2) is 36.7 Å². The van der Waals surface area contributed by atoms with Crippen LogP contribution >= 0.6 is 0 Å². The smallest absolute Gasteiger partial charge is 0.384 e. The van der Waals surface area contributed by atoms with E-state index in [0.717, 1.165) is 0 Å². The van der Waals surface area contributed by atoms with Crippen LogP contribution < -0.4 is 19.8 Å². The topological polar surface area (TPSA) is 113 Å². The lowest BCUT2D eigenvalue weighted by Gasteiger charge is -2.05. The fourth-order valence-corrected chi connectivity index (χ4v) is 1.60. The normalized spacial score (nSPS) is 10.3. The quantitative estimate of drug-likeness (QED) is 0.836. The molecule has 0 atom stereocenters. The van der Waals surface area contributed by atoms with Crippen LogP contribution in [0.25, 0.3) is 0 Å².